The average molecular weight is 327 g/mol. The largest absolute Gasteiger partial charge is 0.402 e. The molecule has 3 heteroatoms. The first-order valence-corrected chi connectivity index (χ1v) is 10.3. The summed E-state index contributed by atoms with van der Waals surface area (Å²) >= 11 is 0. The van der Waals surface area contributed by atoms with Crippen LogP contribution < -0.4 is 10.4 Å². The Morgan fingerprint density at radius 1 is 0.957 bits per heavy atom. The highest BCUT2D eigenvalue weighted by atomic mass is 28.4. The van der Waals surface area contributed by atoms with Gasteiger partial charge in [-0.15, -0.1) is 0 Å². The number of rotatable bonds is 5. The van der Waals surface area contributed by atoms with Crippen LogP contribution in [-0.2, 0) is 9.16 Å². The van der Waals surface area contributed by atoms with Crippen LogP contribution in [-0.4, -0.2) is 27.1 Å². The van der Waals surface area contributed by atoms with Gasteiger partial charge < -0.3 is 9.16 Å². The van der Waals surface area contributed by atoms with Crippen LogP contribution in [0.4, 0.5) is 0 Å². The zero-order valence-electron chi connectivity index (χ0n) is 14.5. The van der Waals surface area contributed by atoms with Crippen molar-refractivity contribution < 1.29 is 9.16 Å². The second-order valence-corrected chi connectivity index (χ2v) is 11.6. The Balaban J connectivity index is 2.16. The van der Waals surface area contributed by atoms with E-state index >= 15 is 0 Å². The van der Waals surface area contributed by atoms with Crippen molar-refractivity contribution in [2.24, 2.45) is 0 Å². The molecule has 0 N–H and O–H groups in total. The maximum atomic E-state index is 6.91. The molecule has 1 heterocycles. The molecule has 0 bridgehead atoms. The average Bonchev–Trinajstić information content (AvgIpc) is 3.38. The van der Waals surface area contributed by atoms with Gasteiger partial charge in [-0.1, -0.05) is 81.4 Å². The van der Waals surface area contributed by atoms with Crippen LogP contribution in [0, 0.1) is 0 Å². The fourth-order valence-corrected chi connectivity index (χ4v) is 8.10. The summed E-state index contributed by atoms with van der Waals surface area (Å²) in [4.78, 5) is 0. The summed E-state index contributed by atoms with van der Waals surface area (Å²) in [6.45, 7) is 9.88. The van der Waals surface area contributed by atoms with Gasteiger partial charge in [0.25, 0.3) is 8.32 Å². The van der Waals surface area contributed by atoms with Gasteiger partial charge in [0.15, 0.2) is 0 Å². The number of hydrogen-bond acceptors (Lipinski definition) is 2. The third-order valence-electron chi connectivity index (χ3n) is 4.66. The Hall–Kier alpha value is -1.42. The fourth-order valence-electron chi connectivity index (χ4n) is 3.37. The molecule has 23 heavy (non-hydrogen) atoms. The van der Waals surface area contributed by atoms with Crippen LogP contribution >= 0.6 is 0 Å². The highest BCUT2D eigenvalue weighted by Crippen LogP contribution is 2.38. The quantitative estimate of drug-likeness (QED) is 0.621. The molecule has 2 nitrogen and oxygen atoms in total. The van der Waals surface area contributed by atoms with Gasteiger partial charge in [-0.25, -0.2) is 0 Å². The van der Waals surface area contributed by atoms with E-state index in [4.69, 9.17) is 9.16 Å². The minimum absolute atomic E-state index is 0.0266. The number of hydrogen-bond donors (Lipinski definition) is 0. The molecule has 1 aliphatic rings. The topological polar surface area (TPSA) is 21.8 Å². The van der Waals surface area contributed by atoms with Crippen LogP contribution in [0.5, 0.6) is 0 Å². The zero-order chi connectivity index (χ0) is 16.5. The van der Waals surface area contributed by atoms with E-state index in [2.05, 4.69) is 88.4 Å². The maximum Gasteiger partial charge on any atom is 0.261 e. The Morgan fingerprint density at radius 3 is 1.74 bits per heavy atom. The highest BCUT2D eigenvalue weighted by molar-refractivity contribution is 6.99. The van der Waals surface area contributed by atoms with Crippen molar-refractivity contribution in [2.75, 3.05) is 6.61 Å². The molecule has 1 saturated heterocycles. The summed E-state index contributed by atoms with van der Waals surface area (Å²) in [5.41, 5.74) is 0. The molecule has 0 radical (unpaired) electrons. The van der Waals surface area contributed by atoms with E-state index in [1.54, 1.807) is 0 Å². The normalized spacial score (nSPS) is 19.4. The van der Waals surface area contributed by atoms with Gasteiger partial charge >= 0.3 is 0 Å². The molecule has 0 aliphatic carbocycles. The van der Waals surface area contributed by atoms with E-state index in [9.17, 15) is 0 Å². The molecule has 0 aromatic heterocycles. The summed E-state index contributed by atoms with van der Waals surface area (Å²) < 4.78 is 12.4. The van der Waals surface area contributed by atoms with E-state index in [-0.39, 0.29) is 17.2 Å². The molecular formula is C20H26O2Si. The number of ether oxygens (including phenoxy) is 1. The third kappa shape index (κ3) is 3.14. The molecule has 3 rings (SSSR count). The van der Waals surface area contributed by atoms with Crippen molar-refractivity contribution in [1.29, 1.82) is 0 Å². The molecule has 0 saturated carbocycles. The number of epoxide rings is 1. The van der Waals surface area contributed by atoms with Gasteiger partial charge in [-0.3, -0.25) is 0 Å². The zero-order valence-corrected chi connectivity index (χ0v) is 15.5. The summed E-state index contributed by atoms with van der Waals surface area (Å²) in [5.74, 6) is 0. The van der Waals surface area contributed by atoms with E-state index in [1.165, 1.54) is 10.4 Å². The highest BCUT2D eigenvalue weighted by Gasteiger charge is 2.52. The van der Waals surface area contributed by atoms with Gasteiger partial charge in [0.05, 0.1) is 12.7 Å². The Bertz CT molecular complexity index is 590. The SMILES string of the molecule is C[C@H](O[Si](c1ccccc1)(c1ccccc1)C(C)(C)C)[C@H]1CO1. The van der Waals surface area contributed by atoms with Gasteiger partial charge in [0.2, 0.25) is 0 Å². The second-order valence-electron chi connectivity index (χ2n) is 7.36. The van der Waals surface area contributed by atoms with Gasteiger partial charge in [-0.2, -0.15) is 0 Å². The molecule has 122 valence electrons. The molecular weight excluding hydrogens is 300 g/mol. The monoisotopic (exact) mass is 326 g/mol. The first kappa shape index (κ1) is 16.4. The smallest absolute Gasteiger partial charge is 0.261 e. The lowest BCUT2D eigenvalue weighted by molar-refractivity contribution is 0.164. The Kier molecular flexibility index (Phi) is 4.45. The Labute approximate surface area is 140 Å². The van der Waals surface area contributed by atoms with Gasteiger partial charge in [0.1, 0.15) is 6.10 Å². The van der Waals surface area contributed by atoms with E-state index in [0.717, 1.165) is 6.61 Å². The molecule has 2 aromatic carbocycles. The van der Waals surface area contributed by atoms with Gasteiger partial charge in [-0.05, 0) is 22.3 Å². The number of benzene rings is 2. The summed E-state index contributed by atoms with van der Waals surface area (Å²) in [5, 5.41) is 2.68. The second kappa shape index (κ2) is 6.23. The van der Waals surface area contributed by atoms with Crippen LogP contribution in [0.1, 0.15) is 27.7 Å². The predicted octanol–water partition coefficient (Wildman–Crippen LogP) is 3.35. The minimum Gasteiger partial charge on any atom is -0.402 e. The predicted molar refractivity (Wildman–Crippen MR) is 97.9 cm³/mol. The van der Waals surface area contributed by atoms with Crippen molar-refractivity contribution in [1.82, 2.24) is 0 Å². The van der Waals surface area contributed by atoms with Crippen molar-refractivity contribution in [3.8, 4) is 0 Å². The lowest BCUT2D eigenvalue weighted by Crippen LogP contribution is -2.67. The minimum atomic E-state index is -2.42. The standard InChI is InChI=1S/C20H26O2Si/c1-16(19-15-21-19)22-23(20(2,3)4,17-11-7-5-8-12-17)18-13-9-6-10-14-18/h5-14,16,19H,15H2,1-4H3/t16-,19+/m0/s1. The van der Waals surface area contributed by atoms with E-state index < -0.39 is 8.32 Å². The van der Waals surface area contributed by atoms with Crippen LogP contribution in [0.3, 0.4) is 0 Å². The van der Waals surface area contributed by atoms with Crippen molar-refractivity contribution in [3.05, 3.63) is 60.7 Å². The fraction of sp³-hybridized carbons (Fsp3) is 0.400. The third-order valence-corrected chi connectivity index (χ3v) is 9.79. The molecule has 1 aliphatic heterocycles. The molecule has 0 spiro atoms. The first-order valence-electron chi connectivity index (χ1n) is 8.35. The molecule has 2 aromatic rings. The van der Waals surface area contributed by atoms with Crippen LogP contribution in [0.2, 0.25) is 5.04 Å². The molecule has 2 atom stereocenters. The molecule has 0 unspecified atom stereocenters. The van der Waals surface area contributed by atoms with Crippen LogP contribution in [0.15, 0.2) is 60.7 Å². The summed E-state index contributed by atoms with van der Waals surface area (Å²) in [7, 11) is -2.42. The lowest BCUT2D eigenvalue weighted by Gasteiger charge is -2.44. The van der Waals surface area contributed by atoms with E-state index in [1.807, 2.05) is 0 Å². The summed E-state index contributed by atoms with van der Waals surface area (Å²) in [6, 6.07) is 21.5. The van der Waals surface area contributed by atoms with Crippen molar-refractivity contribution in [2.45, 2.75) is 44.9 Å². The van der Waals surface area contributed by atoms with Gasteiger partial charge in [0, 0.05) is 0 Å². The maximum absolute atomic E-state index is 6.91. The molecule has 0 amide bonds. The van der Waals surface area contributed by atoms with Crippen molar-refractivity contribution >= 4 is 18.7 Å². The summed E-state index contributed by atoms with van der Waals surface area (Å²) in [6.07, 6.45) is 0.359. The van der Waals surface area contributed by atoms with Crippen LogP contribution in [0.25, 0.3) is 0 Å². The lowest BCUT2D eigenvalue weighted by atomic mass is 10.2. The van der Waals surface area contributed by atoms with E-state index in [0.29, 0.717) is 0 Å². The Morgan fingerprint density at radius 2 is 1.39 bits per heavy atom. The molecule has 1 fully saturated rings. The first-order chi connectivity index (χ1) is 10.9. The van der Waals surface area contributed by atoms with Crippen molar-refractivity contribution in [3.63, 3.8) is 0 Å².